The maximum Gasteiger partial charge on any atom is 0.329 e. The zero-order valence-corrected chi connectivity index (χ0v) is 21.6. The van der Waals surface area contributed by atoms with E-state index in [1.54, 1.807) is 30.3 Å². The highest BCUT2D eigenvalue weighted by atomic mass is 35.5. The third kappa shape index (κ3) is 8.61. The Hall–Kier alpha value is -3.36. The summed E-state index contributed by atoms with van der Waals surface area (Å²) in [5.41, 5.74) is 1.39. The predicted octanol–water partition coefficient (Wildman–Crippen LogP) is 2.80. The van der Waals surface area contributed by atoms with E-state index in [9.17, 15) is 14.4 Å². The van der Waals surface area contributed by atoms with Crippen LogP contribution in [0.15, 0.2) is 59.4 Å². The summed E-state index contributed by atoms with van der Waals surface area (Å²) in [6.07, 6.45) is 0.111. The molecule has 37 heavy (non-hydrogen) atoms. The van der Waals surface area contributed by atoms with Crippen molar-refractivity contribution in [3.8, 4) is 5.40 Å². The van der Waals surface area contributed by atoms with Gasteiger partial charge in [-0.25, -0.2) is 4.79 Å². The highest BCUT2D eigenvalue weighted by molar-refractivity contribution is 7.85. The van der Waals surface area contributed by atoms with E-state index in [-0.39, 0.29) is 18.6 Å². The average molecular weight is 543 g/mol. The molecule has 1 saturated heterocycles. The largest absolute Gasteiger partial charge is 0.463 e. The molecule has 4 rings (SSSR count). The van der Waals surface area contributed by atoms with Crippen molar-refractivity contribution in [1.29, 1.82) is 5.26 Å². The molecule has 0 radical (unpaired) electrons. The van der Waals surface area contributed by atoms with E-state index in [1.807, 2.05) is 18.2 Å². The van der Waals surface area contributed by atoms with Gasteiger partial charge in [0.1, 0.15) is 18.0 Å². The van der Waals surface area contributed by atoms with E-state index >= 15 is 0 Å². The maximum atomic E-state index is 13.0. The van der Waals surface area contributed by atoms with Gasteiger partial charge in [-0.2, -0.15) is 5.26 Å². The number of benzene rings is 2. The number of ether oxygens (including phenoxy) is 2. The number of carbonyl (C=O) groups excluding carboxylic acids is 2. The standard InChI is InChI=1S/C25H26ClN3O5.CHNS/c26-19-7-5-17(6-8-19)24(31)28-22(25(32)34-14-11-29-9-12-33-13-10-29)15-18-16-23(30)27-21-4-2-1-3-20(18)21;2-1-3/h1-8,16,22H,9-15H2,(H,27,30)(H,28,31);3H. The van der Waals surface area contributed by atoms with Gasteiger partial charge in [0.2, 0.25) is 5.56 Å². The maximum absolute atomic E-state index is 13.0. The van der Waals surface area contributed by atoms with E-state index < -0.39 is 17.9 Å². The number of halogens is 1. The lowest BCUT2D eigenvalue weighted by Gasteiger charge is -2.26. The molecule has 1 amide bonds. The number of para-hydroxylation sites is 1. The van der Waals surface area contributed by atoms with Gasteiger partial charge in [-0.05, 0) is 35.9 Å². The second-order valence-electron chi connectivity index (χ2n) is 8.16. The number of pyridine rings is 1. The lowest BCUT2D eigenvalue weighted by Crippen LogP contribution is -2.44. The Bertz CT molecular complexity index is 1300. The number of thiol groups is 1. The SMILES string of the molecule is N#CS.O=C(NC(Cc1cc(=O)[nH]c2ccccc12)C(=O)OCCN1CCOCC1)c1ccc(Cl)cc1. The van der Waals surface area contributed by atoms with Gasteiger partial charge in [0.15, 0.2) is 0 Å². The molecule has 194 valence electrons. The summed E-state index contributed by atoms with van der Waals surface area (Å²) < 4.78 is 10.9. The number of carbonyl (C=O) groups is 2. The molecule has 1 atom stereocenters. The number of aromatic amines is 1. The number of hydrogen-bond acceptors (Lipinski definition) is 8. The number of hydrogen-bond donors (Lipinski definition) is 3. The number of amides is 1. The van der Waals surface area contributed by atoms with Crippen molar-refractivity contribution in [2.45, 2.75) is 12.5 Å². The number of morpholine rings is 1. The number of aromatic nitrogens is 1. The van der Waals surface area contributed by atoms with Crippen LogP contribution in [0.4, 0.5) is 0 Å². The molecule has 0 saturated carbocycles. The fraction of sp³-hybridized carbons (Fsp3) is 0.308. The van der Waals surface area contributed by atoms with Gasteiger partial charge >= 0.3 is 5.97 Å². The van der Waals surface area contributed by atoms with Crippen molar-refractivity contribution in [3.05, 3.63) is 81.1 Å². The summed E-state index contributed by atoms with van der Waals surface area (Å²) in [5.74, 6) is -0.985. The molecule has 1 fully saturated rings. The van der Waals surface area contributed by atoms with Crippen LogP contribution in [0.2, 0.25) is 5.02 Å². The van der Waals surface area contributed by atoms with E-state index in [0.29, 0.717) is 41.4 Å². The molecule has 0 bridgehead atoms. The molecule has 0 aliphatic carbocycles. The van der Waals surface area contributed by atoms with Gasteiger partial charge in [-0.15, -0.1) is 0 Å². The fourth-order valence-corrected chi connectivity index (χ4v) is 4.03. The molecule has 1 aromatic heterocycles. The second-order valence-corrected chi connectivity index (χ2v) is 8.80. The van der Waals surface area contributed by atoms with Gasteiger partial charge in [-0.3, -0.25) is 14.5 Å². The summed E-state index contributed by atoms with van der Waals surface area (Å²) in [6.45, 7) is 3.66. The minimum Gasteiger partial charge on any atom is -0.463 e. The Balaban J connectivity index is 0.00000121. The highest BCUT2D eigenvalue weighted by Crippen LogP contribution is 2.17. The van der Waals surface area contributed by atoms with Gasteiger partial charge in [-0.1, -0.05) is 42.4 Å². The Morgan fingerprint density at radius 2 is 1.86 bits per heavy atom. The molecule has 2 N–H and O–H groups in total. The van der Waals surface area contributed by atoms with Crippen molar-refractivity contribution < 1.29 is 19.1 Å². The molecule has 3 aromatic rings. The first-order valence-electron chi connectivity index (χ1n) is 11.6. The third-order valence-electron chi connectivity index (χ3n) is 5.71. The first-order valence-corrected chi connectivity index (χ1v) is 12.4. The van der Waals surface area contributed by atoms with Crippen LogP contribution in [0.1, 0.15) is 15.9 Å². The molecule has 0 spiro atoms. The van der Waals surface area contributed by atoms with Crippen LogP contribution in [-0.4, -0.2) is 67.3 Å². The van der Waals surface area contributed by atoms with Crippen LogP contribution in [0.3, 0.4) is 0 Å². The second kappa shape index (κ2) is 14.4. The molecule has 1 aliphatic heterocycles. The Morgan fingerprint density at radius 1 is 1.19 bits per heavy atom. The first-order chi connectivity index (χ1) is 17.9. The van der Waals surface area contributed by atoms with Crippen LogP contribution in [0, 0.1) is 10.7 Å². The molecule has 2 aromatic carbocycles. The number of nitrogens with zero attached hydrogens (tertiary/aromatic N) is 2. The van der Waals surface area contributed by atoms with Crippen molar-refractivity contribution in [1.82, 2.24) is 15.2 Å². The number of nitriles is 1. The number of thiocyanates is 1. The summed E-state index contributed by atoms with van der Waals surface area (Å²) in [5, 5.41) is 12.7. The van der Waals surface area contributed by atoms with Crippen LogP contribution in [0.5, 0.6) is 0 Å². The summed E-state index contributed by atoms with van der Waals surface area (Å²) in [7, 11) is 0. The predicted molar refractivity (Wildman–Crippen MR) is 144 cm³/mol. The molecule has 2 heterocycles. The fourth-order valence-electron chi connectivity index (χ4n) is 3.90. The van der Waals surface area contributed by atoms with Crippen molar-refractivity contribution in [2.75, 3.05) is 39.5 Å². The Kier molecular flexibility index (Phi) is 11.0. The van der Waals surface area contributed by atoms with Crippen molar-refractivity contribution >= 4 is 47.0 Å². The summed E-state index contributed by atoms with van der Waals surface area (Å²) >= 11 is 9.02. The minimum absolute atomic E-state index is 0.111. The molecular formula is C26H27ClN4O5S. The number of H-pyrrole nitrogens is 1. The number of nitrogens with one attached hydrogen (secondary N) is 2. The molecule has 1 aliphatic rings. The van der Waals surface area contributed by atoms with Crippen molar-refractivity contribution in [3.63, 3.8) is 0 Å². The lowest BCUT2D eigenvalue weighted by atomic mass is 10.0. The minimum atomic E-state index is -0.974. The van der Waals surface area contributed by atoms with E-state index in [1.165, 1.54) is 11.5 Å². The lowest BCUT2D eigenvalue weighted by molar-refractivity contribution is -0.146. The van der Waals surface area contributed by atoms with Crippen LogP contribution >= 0.6 is 24.2 Å². The zero-order valence-electron chi connectivity index (χ0n) is 20.0. The molecule has 9 nitrogen and oxygen atoms in total. The van der Waals surface area contributed by atoms with Crippen LogP contribution in [0.25, 0.3) is 10.9 Å². The number of esters is 1. The van der Waals surface area contributed by atoms with Gasteiger partial charge in [0.25, 0.3) is 5.91 Å². The van der Waals surface area contributed by atoms with Crippen LogP contribution < -0.4 is 10.9 Å². The highest BCUT2D eigenvalue weighted by Gasteiger charge is 2.25. The van der Waals surface area contributed by atoms with E-state index in [0.717, 1.165) is 18.5 Å². The van der Waals surface area contributed by atoms with Crippen LogP contribution in [-0.2, 0) is 20.7 Å². The molecular weight excluding hydrogens is 516 g/mol. The van der Waals surface area contributed by atoms with Gasteiger partial charge in [0, 0.05) is 53.6 Å². The Morgan fingerprint density at radius 3 is 2.57 bits per heavy atom. The molecule has 1 unspecified atom stereocenters. The normalized spacial score (nSPS) is 14.1. The Labute approximate surface area is 224 Å². The quantitative estimate of drug-likeness (QED) is 0.227. The van der Waals surface area contributed by atoms with Crippen molar-refractivity contribution in [2.24, 2.45) is 0 Å². The average Bonchev–Trinajstić information content (AvgIpc) is 2.89. The zero-order chi connectivity index (χ0) is 26.6. The summed E-state index contributed by atoms with van der Waals surface area (Å²) in [6, 6.07) is 14.2. The number of rotatable bonds is 8. The number of fused-ring (bicyclic) bond motifs is 1. The topological polar surface area (TPSA) is 125 Å². The van der Waals surface area contributed by atoms with E-state index in [2.05, 4.69) is 27.8 Å². The monoisotopic (exact) mass is 542 g/mol. The first kappa shape index (κ1) is 28.2. The third-order valence-corrected chi connectivity index (χ3v) is 5.96. The molecule has 11 heteroatoms. The smallest absolute Gasteiger partial charge is 0.329 e. The summed E-state index contributed by atoms with van der Waals surface area (Å²) in [4.78, 5) is 43.0. The van der Waals surface area contributed by atoms with E-state index in [4.69, 9.17) is 26.3 Å². The van der Waals surface area contributed by atoms with Gasteiger partial charge < -0.3 is 19.8 Å². The van der Waals surface area contributed by atoms with Gasteiger partial charge in [0.05, 0.1) is 13.2 Å².